The lowest BCUT2D eigenvalue weighted by molar-refractivity contribution is 0.193. The summed E-state index contributed by atoms with van der Waals surface area (Å²) < 4.78 is 0. The SMILES string of the molecule is CC(C)N(CCCO)CCc1nc2ccc(N)cc2[nH]1. The van der Waals surface area contributed by atoms with Gasteiger partial charge in [-0.15, -0.1) is 0 Å². The molecule has 1 heterocycles. The van der Waals surface area contributed by atoms with E-state index < -0.39 is 0 Å². The predicted molar refractivity (Wildman–Crippen MR) is 82.6 cm³/mol. The van der Waals surface area contributed by atoms with Crippen molar-refractivity contribution < 1.29 is 5.11 Å². The summed E-state index contributed by atoms with van der Waals surface area (Å²) in [5.41, 5.74) is 8.47. The van der Waals surface area contributed by atoms with Crippen molar-refractivity contribution in [3.63, 3.8) is 0 Å². The molecule has 0 aliphatic rings. The van der Waals surface area contributed by atoms with E-state index in [4.69, 9.17) is 10.8 Å². The van der Waals surface area contributed by atoms with E-state index in [1.165, 1.54) is 0 Å². The monoisotopic (exact) mass is 276 g/mol. The Bertz CT molecular complexity index is 550. The summed E-state index contributed by atoms with van der Waals surface area (Å²) in [5.74, 6) is 0.986. The van der Waals surface area contributed by atoms with Crippen molar-refractivity contribution in [1.82, 2.24) is 14.9 Å². The number of aromatic nitrogens is 2. The molecular weight excluding hydrogens is 252 g/mol. The van der Waals surface area contributed by atoms with Gasteiger partial charge in [0.1, 0.15) is 5.82 Å². The Morgan fingerprint density at radius 2 is 2.15 bits per heavy atom. The van der Waals surface area contributed by atoms with Gasteiger partial charge in [0.2, 0.25) is 0 Å². The number of anilines is 1. The molecule has 0 saturated heterocycles. The Labute approximate surface area is 119 Å². The molecule has 20 heavy (non-hydrogen) atoms. The van der Waals surface area contributed by atoms with Crippen LogP contribution in [0.15, 0.2) is 18.2 Å². The van der Waals surface area contributed by atoms with Crippen LogP contribution < -0.4 is 5.73 Å². The first-order valence-corrected chi connectivity index (χ1v) is 7.19. The van der Waals surface area contributed by atoms with E-state index in [9.17, 15) is 0 Å². The summed E-state index contributed by atoms with van der Waals surface area (Å²) in [4.78, 5) is 10.3. The standard InChI is InChI=1S/C15H24N4O/c1-11(2)19(7-3-9-20)8-6-15-17-13-5-4-12(16)10-14(13)18-15/h4-5,10-11,20H,3,6-9,16H2,1-2H3,(H,17,18). The van der Waals surface area contributed by atoms with Crippen LogP contribution in [0.25, 0.3) is 11.0 Å². The number of H-pyrrole nitrogens is 1. The molecule has 5 heteroatoms. The highest BCUT2D eigenvalue weighted by Crippen LogP contribution is 2.15. The Balaban J connectivity index is 2.00. The summed E-state index contributed by atoms with van der Waals surface area (Å²) in [7, 11) is 0. The van der Waals surface area contributed by atoms with E-state index in [0.717, 1.165) is 48.5 Å². The number of aromatic amines is 1. The van der Waals surface area contributed by atoms with Gasteiger partial charge >= 0.3 is 0 Å². The van der Waals surface area contributed by atoms with Crippen LogP contribution in [-0.2, 0) is 6.42 Å². The second-order valence-electron chi connectivity index (χ2n) is 5.42. The first kappa shape index (κ1) is 14.8. The van der Waals surface area contributed by atoms with Gasteiger partial charge in [-0.3, -0.25) is 0 Å². The summed E-state index contributed by atoms with van der Waals surface area (Å²) in [6.45, 7) is 6.45. The molecule has 1 aromatic carbocycles. The molecule has 1 aromatic heterocycles. The second-order valence-corrected chi connectivity index (χ2v) is 5.42. The molecule has 0 aliphatic heterocycles. The molecule has 110 valence electrons. The topological polar surface area (TPSA) is 78.2 Å². The molecule has 2 rings (SSSR count). The maximum absolute atomic E-state index is 8.95. The third kappa shape index (κ3) is 3.71. The van der Waals surface area contributed by atoms with Crippen molar-refractivity contribution in [2.75, 3.05) is 25.4 Å². The van der Waals surface area contributed by atoms with Gasteiger partial charge in [-0.1, -0.05) is 0 Å². The number of nitrogens with one attached hydrogen (secondary N) is 1. The molecule has 0 radical (unpaired) electrons. The first-order chi connectivity index (χ1) is 9.60. The molecule has 0 aliphatic carbocycles. The highest BCUT2D eigenvalue weighted by atomic mass is 16.3. The van der Waals surface area contributed by atoms with E-state index in [0.29, 0.717) is 6.04 Å². The maximum atomic E-state index is 8.95. The van der Waals surface area contributed by atoms with Gasteiger partial charge in [-0.05, 0) is 38.5 Å². The van der Waals surface area contributed by atoms with Gasteiger partial charge in [0.15, 0.2) is 0 Å². The molecule has 0 fully saturated rings. The van der Waals surface area contributed by atoms with E-state index in [1.807, 2.05) is 18.2 Å². The summed E-state index contributed by atoms with van der Waals surface area (Å²) in [6, 6.07) is 6.20. The van der Waals surface area contributed by atoms with Crippen LogP contribution in [0, 0.1) is 0 Å². The number of hydrogen-bond donors (Lipinski definition) is 3. The molecular formula is C15H24N4O. The lowest BCUT2D eigenvalue weighted by Crippen LogP contribution is -2.34. The average Bonchev–Trinajstić information content (AvgIpc) is 2.80. The van der Waals surface area contributed by atoms with Gasteiger partial charge in [0, 0.05) is 37.8 Å². The number of benzene rings is 1. The minimum absolute atomic E-state index is 0.243. The molecule has 0 amide bonds. The zero-order valence-corrected chi connectivity index (χ0v) is 12.3. The molecule has 0 saturated carbocycles. The Hall–Kier alpha value is -1.59. The largest absolute Gasteiger partial charge is 0.399 e. The number of imidazole rings is 1. The summed E-state index contributed by atoms with van der Waals surface area (Å²) >= 11 is 0. The van der Waals surface area contributed by atoms with E-state index in [2.05, 4.69) is 28.7 Å². The summed E-state index contributed by atoms with van der Waals surface area (Å²) in [5, 5.41) is 8.95. The number of rotatable bonds is 7. The lowest BCUT2D eigenvalue weighted by atomic mass is 10.2. The van der Waals surface area contributed by atoms with Gasteiger partial charge < -0.3 is 20.7 Å². The number of nitrogens with zero attached hydrogens (tertiary/aromatic N) is 2. The first-order valence-electron chi connectivity index (χ1n) is 7.19. The average molecular weight is 276 g/mol. The number of nitrogen functional groups attached to an aromatic ring is 1. The van der Waals surface area contributed by atoms with Gasteiger partial charge in [0.05, 0.1) is 11.0 Å². The molecule has 0 bridgehead atoms. The Kier molecular flexibility index (Phi) is 4.98. The van der Waals surface area contributed by atoms with Crippen LogP contribution in [0.2, 0.25) is 0 Å². The molecule has 5 nitrogen and oxygen atoms in total. The van der Waals surface area contributed by atoms with Crippen LogP contribution >= 0.6 is 0 Å². The highest BCUT2D eigenvalue weighted by Gasteiger charge is 2.10. The molecule has 2 aromatic rings. The zero-order chi connectivity index (χ0) is 14.5. The van der Waals surface area contributed by atoms with Crippen LogP contribution in [0.1, 0.15) is 26.1 Å². The second kappa shape index (κ2) is 6.72. The minimum atomic E-state index is 0.243. The normalized spacial score (nSPS) is 11.8. The van der Waals surface area contributed by atoms with Gasteiger partial charge in [0.25, 0.3) is 0 Å². The number of fused-ring (bicyclic) bond motifs is 1. The molecule has 0 spiro atoms. The van der Waals surface area contributed by atoms with Crippen LogP contribution in [0.4, 0.5) is 5.69 Å². The molecule has 0 atom stereocenters. The molecule has 0 unspecified atom stereocenters. The third-order valence-electron chi connectivity index (χ3n) is 3.52. The fraction of sp³-hybridized carbons (Fsp3) is 0.533. The maximum Gasteiger partial charge on any atom is 0.108 e. The van der Waals surface area contributed by atoms with Crippen molar-refractivity contribution >= 4 is 16.7 Å². The predicted octanol–water partition coefficient (Wildman–Crippen LogP) is 1.78. The fourth-order valence-electron chi connectivity index (χ4n) is 2.35. The van der Waals surface area contributed by atoms with Crippen molar-refractivity contribution in [3.05, 3.63) is 24.0 Å². The minimum Gasteiger partial charge on any atom is -0.399 e. The van der Waals surface area contributed by atoms with Crippen LogP contribution in [-0.4, -0.2) is 45.7 Å². The number of aliphatic hydroxyl groups excluding tert-OH is 1. The van der Waals surface area contributed by atoms with E-state index in [-0.39, 0.29) is 6.61 Å². The zero-order valence-electron chi connectivity index (χ0n) is 12.3. The highest BCUT2D eigenvalue weighted by molar-refractivity contribution is 5.78. The number of aliphatic hydroxyl groups is 1. The lowest BCUT2D eigenvalue weighted by Gasteiger charge is -2.25. The van der Waals surface area contributed by atoms with Crippen LogP contribution in [0.5, 0.6) is 0 Å². The quantitative estimate of drug-likeness (QED) is 0.674. The Morgan fingerprint density at radius 1 is 1.35 bits per heavy atom. The van der Waals surface area contributed by atoms with Crippen molar-refractivity contribution in [2.45, 2.75) is 32.7 Å². The number of hydrogen-bond acceptors (Lipinski definition) is 4. The third-order valence-corrected chi connectivity index (χ3v) is 3.52. The van der Waals surface area contributed by atoms with Gasteiger partial charge in [-0.2, -0.15) is 0 Å². The smallest absolute Gasteiger partial charge is 0.108 e. The van der Waals surface area contributed by atoms with Crippen molar-refractivity contribution in [3.8, 4) is 0 Å². The summed E-state index contributed by atoms with van der Waals surface area (Å²) in [6.07, 6.45) is 1.69. The van der Waals surface area contributed by atoms with Crippen LogP contribution in [0.3, 0.4) is 0 Å². The van der Waals surface area contributed by atoms with Crippen molar-refractivity contribution in [2.24, 2.45) is 0 Å². The van der Waals surface area contributed by atoms with E-state index >= 15 is 0 Å². The van der Waals surface area contributed by atoms with E-state index in [1.54, 1.807) is 0 Å². The fourth-order valence-corrected chi connectivity index (χ4v) is 2.35. The molecule has 4 N–H and O–H groups in total. The van der Waals surface area contributed by atoms with Gasteiger partial charge in [-0.25, -0.2) is 4.98 Å². The Morgan fingerprint density at radius 3 is 2.85 bits per heavy atom. The van der Waals surface area contributed by atoms with Crippen molar-refractivity contribution in [1.29, 1.82) is 0 Å². The number of nitrogens with two attached hydrogens (primary N) is 1.